The van der Waals surface area contributed by atoms with Gasteiger partial charge in [-0.05, 0) is 55.0 Å². The van der Waals surface area contributed by atoms with E-state index in [1.165, 1.54) is 18.2 Å². The number of anilines is 1. The van der Waals surface area contributed by atoms with Crippen molar-refractivity contribution in [1.82, 2.24) is 5.32 Å². The highest BCUT2D eigenvalue weighted by Gasteiger charge is 2.26. The van der Waals surface area contributed by atoms with Crippen molar-refractivity contribution in [3.05, 3.63) is 95.8 Å². The predicted octanol–water partition coefficient (Wildman–Crippen LogP) is 4.77. The molecular weight excluding hydrogens is 459 g/mol. The molecule has 0 fully saturated rings. The van der Waals surface area contributed by atoms with E-state index in [1.807, 2.05) is 25.1 Å². The SMILES string of the molecule is Cc1ccc(N(CC(=O)NCCCSCc2ccccc2F)S(=O)(=O)c2ccccc2)cc1. The van der Waals surface area contributed by atoms with Crippen molar-refractivity contribution in [1.29, 1.82) is 0 Å². The number of sulfonamides is 1. The molecule has 33 heavy (non-hydrogen) atoms. The third-order valence-electron chi connectivity index (χ3n) is 4.94. The molecule has 0 bridgehead atoms. The highest BCUT2D eigenvalue weighted by Crippen LogP contribution is 2.24. The van der Waals surface area contributed by atoms with Gasteiger partial charge in [-0.25, -0.2) is 12.8 Å². The average Bonchev–Trinajstić information content (AvgIpc) is 2.82. The van der Waals surface area contributed by atoms with Gasteiger partial charge in [0.2, 0.25) is 5.91 Å². The van der Waals surface area contributed by atoms with Crippen LogP contribution in [0.25, 0.3) is 0 Å². The Bertz CT molecular complexity index is 1150. The lowest BCUT2D eigenvalue weighted by molar-refractivity contribution is -0.119. The Morgan fingerprint density at radius 2 is 1.64 bits per heavy atom. The fraction of sp³-hybridized carbons (Fsp3) is 0.240. The lowest BCUT2D eigenvalue weighted by Crippen LogP contribution is -2.41. The quantitative estimate of drug-likeness (QED) is 0.397. The number of carbonyl (C=O) groups excluding carboxylic acids is 1. The number of amides is 1. The molecule has 0 aliphatic heterocycles. The molecule has 0 aliphatic rings. The van der Waals surface area contributed by atoms with Crippen LogP contribution in [0.2, 0.25) is 0 Å². The van der Waals surface area contributed by atoms with E-state index >= 15 is 0 Å². The first-order chi connectivity index (χ1) is 15.9. The summed E-state index contributed by atoms with van der Waals surface area (Å²) in [6.45, 7) is 2.01. The third kappa shape index (κ3) is 7.07. The molecule has 0 radical (unpaired) electrons. The van der Waals surface area contributed by atoms with E-state index in [9.17, 15) is 17.6 Å². The second kappa shape index (κ2) is 11.9. The van der Waals surface area contributed by atoms with Gasteiger partial charge >= 0.3 is 0 Å². The summed E-state index contributed by atoms with van der Waals surface area (Å²) in [7, 11) is -3.90. The Balaban J connectivity index is 1.56. The number of aryl methyl sites for hydroxylation is 1. The van der Waals surface area contributed by atoms with Crippen LogP contribution in [0.4, 0.5) is 10.1 Å². The summed E-state index contributed by atoms with van der Waals surface area (Å²) in [6, 6.07) is 21.8. The molecule has 3 aromatic rings. The number of thioether (sulfide) groups is 1. The van der Waals surface area contributed by atoms with Gasteiger partial charge in [-0.3, -0.25) is 9.10 Å². The van der Waals surface area contributed by atoms with Gasteiger partial charge in [-0.15, -0.1) is 0 Å². The van der Waals surface area contributed by atoms with Crippen LogP contribution in [0.5, 0.6) is 0 Å². The molecule has 5 nitrogen and oxygen atoms in total. The molecule has 0 aromatic heterocycles. The van der Waals surface area contributed by atoms with E-state index in [1.54, 1.807) is 54.2 Å². The zero-order valence-electron chi connectivity index (χ0n) is 18.4. The van der Waals surface area contributed by atoms with E-state index < -0.39 is 10.0 Å². The Morgan fingerprint density at radius 1 is 0.970 bits per heavy atom. The summed E-state index contributed by atoms with van der Waals surface area (Å²) < 4.78 is 41.3. The maximum absolute atomic E-state index is 13.6. The van der Waals surface area contributed by atoms with Crippen LogP contribution in [-0.2, 0) is 20.6 Å². The number of carbonyl (C=O) groups is 1. The third-order valence-corrected chi connectivity index (χ3v) is 7.82. The number of benzene rings is 3. The molecular formula is C25H27FN2O3S2. The fourth-order valence-electron chi connectivity index (χ4n) is 3.13. The van der Waals surface area contributed by atoms with Crippen LogP contribution in [-0.4, -0.2) is 33.2 Å². The van der Waals surface area contributed by atoms with Crippen LogP contribution in [0.15, 0.2) is 83.8 Å². The van der Waals surface area contributed by atoms with Crippen LogP contribution in [0.3, 0.4) is 0 Å². The van der Waals surface area contributed by atoms with Gasteiger partial charge < -0.3 is 5.32 Å². The Hall–Kier alpha value is -2.84. The van der Waals surface area contributed by atoms with Gasteiger partial charge in [-0.1, -0.05) is 54.1 Å². The van der Waals surface area contributed by atoms with Gasteiger partial charge in [0.1, 0.15) is 12.4 Å². The molecule has 0 spiro atoms. The topological polar surface area (TPSA) is 66.5 Å². The van der Waals surface area contributed by atoms with Crippen molar-refractivity contribution in [3.63, 3.8) is 0 Å². The van der Waals surface area contributed by atoms with Gasteiger partial charge in [0.05, 0.1) is 10.6 Å². The minimum atomic E-state index is -3.90. The summed E-state index contributed by atoms with van der Waals surface area (Å²) in [5, 5.41) is 2.80. The number of halogens is 1. The molecule has 0 unspecified atom stereocenters. The Labute approximate surface area is 199 Å². The molecule has 3 aromatic carbocycles. The molecule has 0 saturated carbocycles. The zero-order valence-corrected chi connectivity index (χ0v) is 20.0. The van der Waals surface area contributed by atoms with E-state index in [2.05, 4.69) is 5.32 Å². The number of nitrogens with zero attached hydrogens (tertiary/aromatic N) is 1. The zero-order chi connectivity index (χ0) is 23.7. The van der Waals surface area contributed by atoms with E-state index in [0.717, 1.165) is 15.6 Å². The van der Waals surface area contributed by atoms with E-state index in [-0.39, 0.29) is 23.2 Å². The predicted molar refractivity (Wildman–Crippen MR) is 132 cm³/mol. The van der Waals surface area contributed by atoms with Crippen molar-refractivity contribution in [2.24, 2.45) is 0 Å². The maximum atomic E-state index is 13.6. The number of nitrogens with one attached hydrogen (secondary N) is 1. The highest BCUT2D eigenvalue weighted by atomic mass is 32.2. The molecule has 1 N–H and O–H groups in total. The number of rotatable bonds is 11. The molecule has 0 saturated heterocycles. The normalized spacial score (nSPS) is 11.2. The smallest absolute Gasteiger partial charge is 0.264 e. The highest BCUT2D eigenvalue weighted by molar-refractivity contribution is 7.98. The minimum Gasteiger partial charge on any atom is -0.354 e. The van der Waals surface area contributed by atoms with Crippen LogP contribution in [0, 0.1) is 12.7 Å². The lowest BCUT2D eigenvalue weighted by Gasteiger charge is -2.24. The summed E-state index contributed by atoms with van der Waals surface area (Å²) in [5.41, 5.74) is 2.08. The standard InChI is InChI=1S/C25H27FN2O3S2/c1-20-12-14-22(15-13-20)28(33(30,31)23-9-3-2-4-10-23)18-25(29)27-16-7-17-32-19-21-8-5-6-11-24(21)26/h2-6,8-15H,7,16-19H2,1H3,(H,27,29). The number of hydrogen-bond acceptors (Lipinski definition) is 4. The molecule has 3 rings (SSSR count). The average molecular weight is 487 g/mol. The molecule has 8 heteroatoms. The summed E-state index contributed by atoms with van der Waals surface area (Å²) >= 11 is 1.59. The van der Waals surface area contributed by atoms with Crippen molar-refractivity contribution < 1.29 is 17.6 Å². The van der Waals surface area contributed by atoms with Gasteiger partial charge in [0.25, 0.3) is 10.0 Å². The second-order valence-electron chi connectivity index (χ2n) is 7.51. The van der Waals surface area contributed by atoms with Gasteiger partial charge in [-0.2, -0.15) is 11.8 Å². The maximum Gasteiger partial charge on any atom is 0.264 e. The number of hydrogen-bond donors (Lipinski definition) is 1. The second-order valence-corrected chi connectivity index (χ2v) is 10.5. The minimum absolute atomic E-state index is 0.128. The Kier molecular flexibility index (Phi) is 8.91. The van der Waals surface area contributed by atoms with E-state index in [4.69, 9.17) is 0 Å². The van der Waals surface area contributed by atoms with E-state index in [0.29, 0.717) is 30.0 Å². The largest absolute Gasteiger partial charge is 0.354 e. The van der Waals surface area contributed by atoms with Crippen LogP contribution in [0.1, 0.15) is 17.5 Å². The first-order valence-corrected chi connectivity index (χ1v) is 13.2. The monoisotopic (exact) mass is 486 g/mol. The van der Waals surface area contributed by atoms with Gasteiger partial charge in [0, 0.05) is 12.3 Å². The summed E-state index contributed by atoms with van der Waals surface area (Å²) in [5.74, 6) is 0.721. The lowest BCUT2D eigenvalue weighted by atomic mass is 10.2. The molecule has 0 heterocycles. The summed E-state index contributed by atoms with van der Waals surface area (Å²) in [4.78, 5) is 12.7. The summed E-state index contributed by atoms with van der Waals surface area (Å²) in [6.07, 6.45) is 0.695. The van der Waals surface area contributed by atoms with Crippen molar-refractivity contribution in [3.8, 4) is 0 Å². The fourth-order valence-corrected chi connectivity index (χ4v) is 5.52. The van der Waals surface area contributed by atoms with Crippen LogP contribution >= 0.6 is 11.8 Å². The molecule has 0 aliphatic carbocycles. The molecule has 0 atom stereocenters. The first kappa shape index (κ1) is 24.8. The molecule has 1 amide bonds. The first-order valence-electron chi connectivity index (χ1n) is 10.6. The van der Waals surface area contributed by atoms with Crippen molar-refractivity contribution >= 4 is 33.4 Å². The van der Waals surface area contributed by atoms with Crippen LogP contribution < -0.4 is 9.62 Å². The molecule has 174 valence electrons. The van der Waals surface area contributed by atoms with Gasteiger partial charge in [0.15, 0.2) is 0 Å². The Morgan fingerprint density at radius 3 is 2.33 bits per heavy atom. The van der Waals surface area contributed by atoms with Crippen molar-refractivity contribution in [2.45, 2.75) is 24.0 Å². The van der Waals surface area contributed by atoms with Crippen molar-refractivity contribution in [2.75, 3.05) is 23.1 Å².